The van der Waals surface area contributed by atoms with Crippen LogP contribution in [0.1, 0.15) is 22.3 Å². The van der Waals surface area contributed by atoms with Gasteiger partial charge in [-0.3, -0.25) is 4.79 Å². The molecule has 0 aliphatic carbocycles. The van der Waals surface area contributed by atoms with E-state index in [4.69, 9.17) is 0 Å². The molecule has 0 saturated carbocycles. The van der Waals surface area contributed by atoms with E-state index in [1.54, 1.807) is 12.3 Å². The highest BCUT2D eigenvalue weighted by Crippen LogP contribution is 2.16. The number of hydrogen-bond donors (Lipinski definition) is 2. The van der Waals surface area contributed by atoms with Crippen LogP contribution in [-0.4, -0.2) is 16.7 Å². The van der Waals surface area contributed by atoms with Gasteiger partial charge < -0.3 is 5.32 Å². The van der Waals surface area contributed by atoms with Crippen LogP contribution < -0.4 is 10.9 Å². The minimum atomic E-state index is -0.0814. The second kappa shape index (κ2) is 5.36. The Bertz CT molecular complexity index is 633. The molecule has 2 N–H and O–H groups in total. The van der Waals surface area contributed by atoms with E-state index in [0.717, 1.165) is 37.9 Å². The molecule has 0 spiro atoms. The highest BCUT2D eigenvalue weighted by atomic mass is 16.1. The topological polar surface area (TPSA) is 57.8 Å². The van der Waals surface area contributed by atoms with Crippen molar-refractivity contribution in [3.05, 3.63) is 63.1 Å². The molecule has 4 nitrogen and oxygen atoms in total. The maximum absolute atomic E-state index is 11.5. The van der Waals surface area contributed by atoms with Crippen molar-refractivity contribution in [2.45, 2.75) is 25.8 Å². The van der Waals surface area contributed by atoms with Crippen molar-refractivity contribution < 1.29 is 0 Å². The van der Waals surface area contributed by atoms with Gasteiger partial charge in [-0.15, -0.1) is 0 Å². The molecule has 0 radical (unpaired) electrons. The van der Waals surface area contributed by atoms with Crippen molar-refractivity contribution in [3.63, 3.8) is 0 Å². The molecule has 0 bridgehead atoms. The van der Waals surface area contributed by atoms with E-state index in [1.807, 2.05) is 0 Å². The highest BCUT2D eigenvalue weighted by molar-refractivity contribution is 5.34. The van der Waals surface area contributed by atoms with Crippen molar-refractivity contribution in [1.29, 1.82) is 0 Å². The molecule has 0 atom stereocenters. The maximum Gasteiger partial charge on any atom is 0.267 e. The molecular weight excluding hydrogens is 238 g/mol. The first-order valence-corrected chi connectivity index (χ1v) is 6.67. The molecule has 3 rings (SSSR count). The first kappa shape index (κ1) is 12.1. The van der Waals surface area contributed by atoms with Crippen molar-refractivity contribution in [1.82, 2.24) is 15.5 Å². The Labute approximate surface area is 111 Å². The molecule has 19 heavy (non-hydrogen) atoms. The lowest BCUT2D eigenvalue weighted by molar-refractivity contribution is 0.642. The molecule has 1 aliphatic heterocycles. The molecule has 0 amide bonds. The van der Waals surface area contributed by atoms with Crippen molar-refractivity contribution in [2.24, 2.45) is 0 Å². The fourth-order valence-corrected chi connectivity index (χ4v) is 2.54. The highest BCUT2D eigenvalue weighted by Gasteiger charge is 2.09. The van der Waals surface area contributed by atoms with E-state index in [1.165, 1.54) is 16.7 Å². The van der Waals surface area contributed by atoms with Crippen LogP contribution in [0.15, 0.2) is 35.3 Å². The SMILES string of the molecule is O=c1[nH]nccc1CCc1ccc2c(c1)CNCC2. The third kappa shape index (κ3) is 2.74. The number of benzene rings is 1. The lowest BCUT2D eigenvalue weighted by atomic mass is 9.96. The summed E-state index contributed by atoms with van der Waals surface area (Å²) in [5, 5.41) is 9.57. The predicted molar refractivity (Wildman–Crippen MR) is 74.1 cm³/mol. The Balaban J connectivity index is 1.74. The van der Waals surface area contributed by atoms with Crippen LogP contribution in [0.3, 0.4) is 0 Å². The summed E-state index contributed by atoms with van der Waals surface area (Å²) in [6.07, 6.45) is 4.39. The van der Waals surface area contributed by atoms with Gasteiger partial charge in [0.05, 0.1) is 0 Å². The Hall–Kier alpha value is -1.94. The summed E-state index contributed by atoms with van der Waals surface area (Å²) in [4.78, 5) is 11.5. The van der Waals surface area contributed by atoms with Crippen LogP contribution in [-0.2, 0) is 25.8 Å². The predicted octanol–water partition coefficient (Wildman–Crippen LogP) is 1.20. The van der Waals surface area contributed by atoms with Gasteiger partial charge in [-0.1, -0.05) is 18.2 Å². The van der Waals surface area contributed by atoms with Crippen LogP contribution in [0, 0.1) is 0 Å². The van der Waals surface area contributed by atoms with E-state index >= 15 is 0 Å². The summed E-state index contributed by atoms with van der Waals surface area (Å²) in [5.41, 5.74) is 4.85. The van der Waals surface area contributed by atoms with E-state index in [0.29, 0.717) is 0 Å². The third-order valence-electron chi connectivity index (χ3n) is 3.65. The second-order valence-electron chi connectivity index (χ2n) is 4.94. The maximum atomic E-state index is 11.5. The summed E-state index contributed by atoms with van der Waals surface area (Å²) in [7, 11) is 0. The summed E-state index contributed by atoms with van der Waals surface area (Å²) in [6.45, 7) is 2.03. The average Bonchev–Trinajstić information content (AvgIpc) is 2.46. The number of aryl methyl sites for hydroxylation is 2. The van der Waals surface area contributed by atoms with Crippen molar-refractivity contribution in [3.8, 4) is 0 Å². The number of fused-ring (bicyclic) bond motifs is 1. The van der Waals surface area contributed by atoms with Crippen molar-refractivity contribution >= 4 is 0 Å². The van der Waals surface area contributed by atoms with Gasteiger partial charge in [0, 0.05) is 18.3 Å². The van der Waals surface area contributed by atoms with Gasteiger partial charge in [0.2, 0.25) is 0 Å². The molecule has 0 fully saturated rings. The quantitative estimate of drug-likeness (QED) is 0.866. The second-order valence-corrected chi connectivity index (χ2v) is 4.94. The number of hydrogen-bond acceptors (Lipinski definition) is 3. The Morgan fingerprint density at radius 3 is 3.00 bits per heavy atom. The van der Waals surface area contributed by atoms with Gasteiger partial charge >= 0.3 is 0 Å². The lowest BCUT2D eigenvalue weighted by Gasteiger charge is -2.17. The van der Waals surface area contributed by atoms with Gasteiger partial charge in [0.25, 0.3) is 5.56 Å². The fourth-order valence-electron chi connectivity index (χ4n) is 2.54. The first-order valence-electron chi connectivity index (χ1n) is 6.67. The third-order valence-corrected chi connectivity index (χ3v) is 3.65. The Kier molecular flexibility index (Phi) is 3.42. The summed E-state index contributed by atoms with van der Waals surface area (Å²) in [6, 6.07) is 8.46. The van der Waals surface area contributed by atoms with Crippen molar-refractivity contribution in [2.75, 3.05) is 6.54 Å². The largest absolute Gasteiger partial charge is 0.312 e. The van der Waals surface area contributed by atoms with Gasteiger partial charge in [-0.05, 0) is 48.6 Å². The molecule has 1 aromatic heterocycles. The number of aromatic nitrogens is 2. The molecule has 1 aliphatic rings. The molecule has 1 aromatic carbocycles. The van der Waals surface area contributed by atoms with Crippen LogP contribution in [0.4, 0.5) is 0 Å². The molecule has 2 heterocycles. The average molecular weight is 255 g/mol. The first-order chi connectivity index (χ1) is 9.33. The summed E-state index contributed by atoms with van der Waals surface area (Å²) in [5.74, 6) is 0. The van der Waals surface area contributed by atoms with Gasteiger partial charge in [-0.2, -0.15) is 5.10 Å². The monoisotopic (exact) mass is 255 g/mol. The minimum Gasteiger partial charge on any atom is -0.312 e. The zero-order valence-electron chi connectivity index (χ0n) is 10.8. The summed E-state index contributed by atoms with van der Waals surface area (Å²) >= 11 is 0. The molecule has 4 heteroatoms. The van der Waals surface area contributed by atoms with Crippen LogP contribution in [0.2, 0.25) is 0 Å². The number of H-pyrrole nitrogens is 1. The zero-order valence-corrected chi connectivity index (χ0v) is 10.8. The molecule has 0 saturated heterocycles. The summed E-state index contributed by atoms with van der Waals surface area (Å²) < 4.78 is 0. The van der Waals surface area contributed by atoms with Crippen LogP contribution in [0.5, 0.6) is 0 Å². The van der Waals surface area contributed by atoms with E-state index in [9.17, 15) is 4.79 Å². The van der Waals surface area contributed by atoms with E-state index in [2.05, 4.69) is 33.7 Å². The van der Waals surface area contributed by atoms with Crippen LogP contribution in [0.25, 0.3) is 0 Å². The normalized spacial score (nSPS) is 14.1. The number of aromatic amines is 1. The van der Waals surface area contributed by atoms with Crippen LogP contribution >= 0.6 is 0 Å². The lowest BCUT2D eigenvalue weighted by Crippen LogP contribution is -2.23. The Morgan fingerprint density at radius 1 is 1.16 bits per heavy atom. The molecule has 2 aromatic rings. The number of nitrogens with one attached hydrogen (secondary N) is 2. The molecular formula is C15H17N3O. The Morgan fingerprint density at radius 2 is 2.11 bits per heavy atom. The standard InChI is InChI=1S/C15H17N3O/c19-15-13(6-8-17-18-15)4-2-11-1-3-12-5-7-16-10-14(12)9-11/h1,3,6,8-9,16H,2,4-5,7,10H2,(H,18,19). The fraction of sp³-hybridized carbons (Fsp3) is 0.333. The van der Waals surface area contributed by atoms with Gasteiger partial charge in [0.1, 0.15) is 0 Å². The molecule has 98 valence electrons. The smallest absolute Gasteiger partial charge is 0.267 e. The zero-order chi connectivity index (χ0) is 13.1. The van der Waals surface area contributed by atoms with E-state index in [-0.39, 0.29) is 5.56 Å². The van der Waals surface area contributed by atoms with E-state index < -0.39 is 0 Å². The number of rotatable bonds is 3. The van der Waals surface area contributed by atoms with Gasteiger partial charge in [-0.25, -0.2) is 5.10 Å². The minimum absolute atomic E-state index is 0.0814. The molecule has 0 unspecified atom stereocenters. The van der Waals surface area contributed by atoms with Gasteiger partial charge in [0.15, 0.2) is 0 Å². The number of nitrogens with zero attached hydrogens (tertiary/aromatic N) is 1.